The Bertz CT molecular complexity index is 1210. The number of para-hydroxylation sites is 1. The molecule has 0 bridgehead atoms. The third-order valence-corrected chi connectivity index (χ3v) is 6.01. The zero-order chi connectivity index (χ0) is 22.3. The molecule has 0 saturated heterocycles. The lowest BCUT2D eigenvalue weighted by molar-refractivity contribution is -0.113. The first kappa shape index (κ1) is 21.6. The van der Waals surface area contributed by atoms with Crippen LogP contribution in [-0.4, -0.2) is 43.4 Å². The van der Waals surface area contributed by atoms with E-state index in [2.05, 4.69) is 49.8 Å². The summed E-state index contributed by atoms with van der Waals surface area (Å²) in [6.07, 6.45) is 4.50. The van der Waals surface area contributed by atoms with Gasteiger partial charge in [-0.25, -0.2) is 0 Å². The fourth-order valence-electron chi connectivity index (χ4n) is 3.32. The van der Waals surface area contributed by atoms with Crippen molar-refractivity contribution in [3.05, 3.63) is 72.7 Å². The van der Waals surface area contributed by atoms with E-state index in [0.29, 0.717) is 23.0 Å². The lowest BCUT2D eigenvalue weighted by Gasteiger charge is -2.09. The van der Waals surface area contributed by atoms with Crippen molar-refractivity contribution in [3.63, 3.8) is 0 Å². The number of benzene rings is 2. The first-order valence-electron chi connectivity index (χ1n) is 10.3. The number of nitrogens with zero attached hydrogens (tertiary/aromatic N) is 4. The summed E-state index contributed by atoms with van der Waals surface area (Å²) in [5.41, 5.74) is 2.40. The van der Waals surface area contributed by atoms with Crippen molar-refractivity contribution in [1.29, 1.82) is 0 Å². The maximum absolute atomic E-state index is 12.4. The molecule has 0 radical (unpaired) electrons. The van der Waals surface area contributed by atoms with Gasteiger partial charge >= 0.3 is 0 Å². The van der Waals surface area contributed by atoms with Crippen LogP contribution in [0, 0.1) is 0 Å². The molecule has 0 aliphatic rings. The van der Waals surface area contributed by atoms with Crippen molar-refractivity contribution in [2.75, 3.05) is 17.6 Å². The second-order valence-electron chi connectivity index (χ2n) is 7.32. The standard InChI is InChI=1S/C23H24N6O2S/c1-28-16-25-27-23(28)32-15-21(30)26-19-9-7-18(8-10-19)22(31)24-12-4-13-29-14-11-17-5-2-3-6-20(17)29/h2-3,5-11,14,16H,4,12-13,15H2,1H3,(H,24,31)(H,26,30). The van der Waals surface area contributed by atoms with Crippen LogP contribution in [0.5, 0.6) is 0 Å². The van der Waals surface area contributed by atoms with E-state index in [1.54, 1.807) is 35.2 Å². The summed E-state index contributed by atoms with van der Waals surface area (Å²) in [5, 5.41) is 15.4. The molecule has 2 N–H and O–H groups in total. The first-order valence-corrected chi connectivity index (χ1v) is 11.3. The molecular weight excluding hydrogens is 424 g/mol. The number of anilines is 1. The smallest absolute Gasteiger partial charge is 0.251 e. The number of aryl methyl sites for hydroxylation is 2. The minimum Gasteiger partial charge on any atom is -0.352 e. The van der Waals surface area contributed by atoms with Gasteiger partial charge in [-0.3, -0.25) is 9.59 Å². The summed E-state index contributed by atoms with van der Waals surface area (Å²) < 4.78 is 3.95. The highest BCUT2D eigenvalue weighted by atomic mass is 32.2. The van der Waals surface area contributed by atoms with E-state index in [1.807, 2.05) is 19.2 Å². The van der Waals surface area contributed by atoms with E-state index in [9.17, 15) is 9.59 Å². The Morgan fingerprint density at radius 3 is 2.66 bits per heavy atom. The molecule has 2 aromatic carbocycles. The molecule has 9 heteroatoms. The number of fused-ring (bicyclic) bond motifs is 1. The van der Waals surface area contributed by atoms with Crippen LogP contribution >= 0.6 is 11.8 Å². The molecule has 164 valence electrons. The lowest BCUT2D eigenvalue weighted by Crippen LogP contribution is -2.25. The van der Waals surface area contributed by atoms with Crippen LogP contribution in [-0.2, 0) is 18.4 Å². The molecule has 4 rings (SSSR count). The normalized spacial score (nSPS) is 10.9. The fraction of sp³-hybridized carbons (Fsp3) is 0.217. The molecular formula is C23H24N6O2S. The zero-order valence-corrected chi connectivity index (χ0v) is 18.5. The number of nitrogens with one attached hydrogen (secondary N) is 2. The zero-order valence-electron chi connectivity index (χ0n) is 17.7. The second kappa shape index (κ2) is 10.1. The van der Waals surface area contributed by atoms with E-state index >= 15 is 0 Å². The van der Waals surface area contributed by atoms with Gasteiger partial charge in [-0.2, -0.15) is 0 Å². The number of amides is 2. The highest BCUT2D eigenvalue weighted by Gasteiger charge is 2.09. The molecule has 0 aliphatic heterocycles. The van der Waals surface area contributed by atoms with Gasteiger partial charge in [-0.1, -0.05) is 30.0 Å². The molecule has 2 aromatic heterocycles. The van der Waals surface area contributed by atoms with Crippen molar-refractivity contribution in [2.45, 2.75) is 18.1 Å². The van der Waals surface area contributed by atoms with Gasteiger partial charge in [0.25, 0.3) is 5.91 Å². The predicted molar refractivity (Wildman–Crippen MR) is 126 cm³/mol. The van der Waals surface area contributed by atoms with E-state index in [4.69, 9.17) is 0 Å². The fourth-order valence-corrected chi connectivity index (χ4v) is 4.01. The second-order valence-corrected chi connectivity index (χ2v) is 8.26. The third-order valence-electron chi connectivity index (χ3n) is 4.97. The number of aromatic nitrogens is 4. The summed E-state index contributed by atoms with van der Waals surface area (Å²) in [6.45, 7) is 1.42. The Hall–Kier alpha value is -3.59. The molecule has 0 unspecified atom stereocenters. The Kier molecular flexibility index (Phi) is 6.86. The van der Waals surface area contributed by atoms with Gasteiger partial charge in [-0.05, 0) is 48.2 Å². The number of thioether (sulfide) groups is 1. The average molecular weight is 449 g/mol. The maximum Gasteiger partial charge on any atom is 0.251 e. The molecule has 0 spiro atoms. The minimum absolute atomic E-state index is 0.127. The van der Waals surface area contributed by atoms with Gasteiger partial charge in [0.15, 0.2) is 5.16 Å². The van der Waals surface area contributed by atoms with Gasteiger partial charge in [0, 0.05) is 43.1 Å². The van der Waals surface area contributed by atoms with Crippen LogP contribution in [0.4, 0.5) is 5.69 Å². The first-order chi connectivity index (χ1) is 15.6. The Balaban J connectivity index is 1.20. The van der Waals surface area contributed by atoms with Gasteiger partial charge in [0.05, 0.1) is 5.75 Å². The predicted octanol–water partition coefficient (Wildman–Crippen LogP) is 3.32. The molecule has 2 amide bonds. The van der Waals surface area contributed by atoms with Gasteiger partial charge in [0.1, 0.15) is 6.33 Å². The quantitative estimate of drug-likeness (QED) is 0.303. The van der Waals surface area contributed by atoms with Crippen molar-refractivity contribution in [2.24, 2.45) is 7.05 Å². The van der Waals surface area contributed by atoms with E-state index < -0.39 is 0 Å². The van der Waals surface area contributed by atoms with Crippen LogP contribution in [0.1, 0.15) is 16.8 Å². The van der Waals surface area contributed by atoms with Crippen molar-refractivity contribution in [1.82, 2.24) is 24.6 Å². The largest absolute Gasteiger partial charge is 0.352 e. The van der Waals surface area contributed by atoms with Crippen LogP contribution in [0.3, 0.4) is 0 Å². The van der Waals surface area contributed by atoms with Gasteiger partial charge in [0.2, 0.25) is 5.91 Å². The van der Waals surface area contributed by atoms with Crippen molar-refractivity contribution >= 4 is 40.2 Å². The molecule has 4 aromatic rings. The number of hydrogen-bond acceptors (Lipinski definition) is 5. The van der Waals surface area contributed by atoms with Crippen LogP contribution in [0.2, 0.25) is 0 Å². The number of hydrogen-bond donors (Lipinski definition) is 2. The number of carbonyl (C=O) groups excluding carboxylic acids is 2. The van der Waals surface area contributed by atoms with Crippen LogP contribution in [0.15, 0.2) is 72.3 Å². The van der Waals surface area contributed by atoms with E-state index in [1.165, 1.54) is 22.7 Å². The maximum atomic E-state index is 12.4. The minimum atomic E-state index is -0.146. The summed E-state index contributed by atoms with van der Waals surface area (Å²) in [4.78, 5) is 24.5. The summed E-state index contributed by atoms with van der Waals surface area (Å²) in [6, 6.07) is 17.2. The van der Waals surface area contributed by atoms with E-state index in [-0.39, 0.29) is 17.6 Å². The van der Waals surface area contributed by atoms with Crippen molar-refractivity contribution < 1.29 is 9.59 Å². The summed E-state index contributed by atoms with van der Waals surface area (Å²) in [5.74, 6) is -0.0448. The molecule has 0 fully saturated rings. The molecule has 0 saturated carbocycles. The molecule has 0 atom stereocenters. The van der Waals surface area contributed by atoms with Crippen LogP contribution in [0.25, 0.3) is 10.9 Å². The third kappa shape index (κ3) is 5.36. The summed E-state index contributed by atoms with van der Waals surface area (Å²) in [7, 11) is 1.83. The number of rotatable bonds is 9. The van der Waals surface area contributed by atoms with Gasteiger partial charge < -0.3 is 19.8 Å². The number of carbonyl (C=O) groups is 2. The molecule has 8 nitrogen and oxygen atoms in total. The Labute approximate surface area is 190 Å². The Morgan fingerprint density at radius 1 is 1.06 bits per heavy atom. The SMILES string of the molecule is Cn1cnnc1SCC(=O)Nc1ccc(C(=O)NCCCn2ccc3ccccc32)cc1. The topological polar surface area (TPSA) is 93.8 Å². The average Bonchev–Trinajstić information content (AvgIpc) is 3.41. The van der Waals surface area contributed by atoms with Crippen molar-refractivity contribution in [3.8, 4) is 0 Å². The van der Waals surface area contributed by atoms with Gasteiger partial charge in [-0.15, -0.1) is 10.2 Å². The summed E-state index contributed by atoms with van der Waals surface area (Å²) >= 11 is 1.31. The molecule has 0 aliphatic carbocycles. The molecule has 2 heterocycles. The lowest BCUT2D eigenvalue weighted by atomic mass is 10.2. The highest BCUT2D eigenvalue weighted by Crippen LogP contribution is 2.16. The van der Waals surface area contributed by atoms with Crippen LogP contribution < -0.4 is 10.6 Å². The molecule has 32 heavy (non-hydrogen) atoms. The Morgan fingerprint density at radius 2 is 1.88 bits per heavy atom. The van der Waals surface area contributed by atoms with E-state index in [0.717, 1.165) is 13.0 Å². The highest BCUT2D eigenvalue weighted by molar-refractivity contribution is 7.99. The monoisotopic (exact) mass is 448 g/mol.